The second kappa shape index (κ2) is 11.1. The number of thiophene rings is 1. The van der Waals surface area contributed by atoms with Crippen molar-refractivity contribution in [1.82, 2.24) is 4.90 Å². The highest BCUT2D eigenvalue weighted by atomic mass is 35.5. The molecule has 0 bridgehead atoms. The molecule has 0 spiro atoms. The van der Waals surface area contributed by atoms with Crippen molar-refractivity contribution in [3.05, 3.63) is 76.6 Å². The Bertz CT molecular complexity index is 1260. The molecule has 2 aromatic carbocycles. The second-order valence-corrected chi connectivity index (χ2v) is 10.9. The number of ether oxygens (including phenoxy) is 2. The maximum Gasteiger partial charge on any atom is 0.235 e. The van der Waals surface area contributed by atoms with Crippen molar-refractivity contribution in [2.45, 2.75) is 11.2 Å². The predicted octanol–water partition coefficient (Wildman–Crippen LogP) is 5.50. The third-order valence-electron chi connectivity index (χ3n) is 5.65. The van der Waals surface area contributed by atoms with Gasteiger partial charge in [0, 0.05) is 53.7 Å². The van der Waals surface area contributed by atoms with Gasteiger partial charge in [0.25, 0.3) is 0 Å². The Kier molecular flexibility index (Phi) is 8.14. The molecule has 34 heavy (non-hydrogen) atoms. The summed E-state index contributed by atoms with van der Waals surface area (Å²) in [5.41, 5.74) is 4.29. The zero-order valence-electron chi connectivity index (χ0n) is 19.7. The smallest absolute Gasteiger partial charge is 0.235 e. The van der Waals surface area contributed by atoms with E-state index in [0.29, 0.717) is 11.6 Å². The first-order chi connectivity index (χ1) is 16.4. The lowest BCUT2D eigenvalue weighted by Crippen LogP contribution is -2.39. The maximum absolute atomic E-state index is 11.9. The summed E-state index contributed by atoms with van der Waals surface area (Å²) < 4.78 is 24.8. The molecule has 2 heterocycles. The van der Waals surface area contributed by atoms with E-state index in [1.165, 1.54) is 0 Å². The first kappa shape index (κ1) is 25.0. The summed E-state index contributed by atoms with van der Waals surface area (Å²) in [6, 6.07) is 20.1. The van der Waals surface area contributed by atoms with Crippen LogP contribution in [0.2, 0.25) is 5.02 Å². The van der Waals surface area contributed by atoms with Crippen molar-refractivity contribution in [1.29, 1.82) is 0 Å². The molecule has 178 valence electrons. The van der Waals surface area contributed by atoms with Crippen LogP contribution in [0.1, 0.15) is 4.88 Å². The fraction of sp³-hybridized carbons (Fsp3) is 0.269. The minimum Gasteiger partial charge on any atom is -0.355 e. The molecule has 0 fully saturated rings. The Morgan fingerprint density at radius 1 is 1.06 bits per heavy atom. The molecule has 3 aromatic rings. The fourth-order valence-corrected chi connectivity index (χ4v) is 5.68. The van der Waals surface area contributed by atoms with Gasteiger partial charge in [0.05, 0.1) is 17.5 Å². The van der Waals surface area contributed by atoms with Crippen molar-refractivity contribution in [2.24, 2.45) is 0 Å². The summed E-state index contributed by atoms with van der Waals surface area (Å²) in [4.78, 5) is 5.28. The largest absolute Gasteiger partial charge is 0.355 e. The van der Waals surface area contributed by atoms with Gasteiger partial charge < -0.3 is 9.47 Å². The number of hydrogen-bond acceptors (Lipinski definition) is 5. The minimum atomic E-state index is -1.01. The lowest BCUT2D eigenvalue weighted by atomic mass is 10.1. The van der Waals surface area contributed by atoms with Crippen molar-refractivity contribution in [2.75, 3.05) is 40.6 Å². The second-order valence-electron chi connectivity index (χ2n) is 8.05. The Labute approximate surface area is 212 Å². The highest BCUT2D eigenvalue weighted by Gasteiger charge is 2.36. The molecule has 0 aliphatic carbocycles. The topological polar surface area (TPSA) is 41.8 Å². The van der Waals surface area contributed by atoms with Crippen LogP contribution < -0.4 is 0 Å². The molecule has 1 atom stereocenters. The molecule has 0 saturated carbocycles. The van der Waals surface area contributed by atoms with E-state index in [1.54, 1.807) is 31.8 Å². The van der Waals surface area contributed by atoms with Gasteiger partial charge in [-0.15, -0.1) is 11.3 Å². The molecule has 1 aromatic heterocycles. The van der Waals surface area contributed by atoms with Gasteiger partial charge in [0.15, 0.2) is 6.29 Å². The number of likely N-dealkylation sites (N-methyl/N-ethyl adjacent to an activating group) is 1. The highest BCUT2D eigenvalue weighted by Crippen LogP contribution is 2.39. The van der Waals surface area contributed by atoms with Crippen LogP contribution in [-0.4, -0.2) is 66.3 Å². The monoisotopic (exact) mass is 515 g/mol. The summed E-state index contributed by atoms with van der Waals surface area (Å²) >= 11 is 8.32. The van der Waals surface area contributed by atoms with Gasteiger partial charge in [-0.1, -0.05) is 35.9 Å². The first-order valence-electron chi connectivity index (χ1n) is 10.8. The van der Waals surface area contributed by atoms with Crippen molar-refractivity contribution >= 4 is 50.8 Å². The molecular formula is C26H28ClN2O3S2+. The summed E-state index contributed by atoms with van der Waals surface area (Å²) in [5.74, 6) is 0. The molecule has 0 radical (unpaired) electrons. The molecule has 1 aliphatic rings. The molecule has 0 saturated heterocycles. The third-order valence-corrected chi connectivity index (χ3v) is 8.05. The van der Waals surface area contributed by atoms with Crippen molar-refractivity contribution in [3.8, 4) is 10.4 Å². The molecule has 4 rings (SSSR count). The minimum absolute atomic E-state index is 0.282. The number of halogens is 1. The summed E-state index contributed by atoms with van der Waals surface area (Å²) in [5, 5.41) is 0.704. The zero-order chi connectivity index (χ0) is 24.2. The summed E-state index contributed by atoms with van der Waals surface area (Å²) in [7, 11) is 4.33. The van der Waals surface area contributed by atoms with Gasteiger partial charge in [0.1, 0.15) is 5.02 Å². The first-order valence-corrected chi connectivity index (χ1v) is 13.6. The van der Waals surface area contributed by atoms with Gasteiger partial charge in [-0.25, -0.2) is 0 Å². The van der Waals surface area contributed by atoms with E-state index in [4.69, 9.17) is 21.1 Å². The lowest BCUT2D eigenvalue weighted by molar-refractivity contribution is -0.344. The number of rotatable bonds is 10. The predicted molar refractivity (Wildman–Crippen MR) is 142 cm³/mol. The van der Waals surface area contributed by atoms with Gasteiger partial charge in [-0.05, 0) is 42.9 Å². The van der Waals surface area contributed by atoms with Crippen LogP contribution in [0.4, 0.5) is 5.69 Å². The van der Waals surface area contributed by atoms with Crippen molar-refractivity contribution < 1.29 is 18.3 Å². The Hall–Kier alpha value is -2.13. The van der Waals surface area contributed by atoms with Gasteiger partial charge in [-0.2, -0.15) is 4.58 Å². The lowest BCUT2D eigenvalue weighted by Gasteiger charge is -2.24. The van der Waals surface area contributed by atoms with Crippen LogP contribution in [0.25, 0.3) is 16.1 Å². The van der Waals surface area contributed by atoms with E-state index < -0.39 is 10.8 Å². The fourth-order valence-electron chi connectivity index (χ4n) is 3.89. The van der Waals surface area contributed by atoms with E-state index in [9.17, 15) is 4.21 Å². The normalized spacial score (nSPS) is 14.5. The quantitative estimate of drug-likeness (QED) is 0.264. The van der Waals surface area contributed by atoms with Gasteiger partial charge >= 0.3 is 0 Å². The molecule has 5 nitrogen and oxygen atoms in total. The Morgan fingerprint density at radius 2 is 1.79 bits per heavy atom. The van der Waals surface area contributed by atoms with Crippen LogP contribution in [0.3, 0.4) is 0 Å². The van der Waals surface area contributed by atoms with E-state index in [0.717, 1.165) is 43.9 Å². The standard InChI is InChI=1S/C26H28ClN2O3S2/c1-28(17-26(31-2)32-3)16-19-15-23(29(19)22-11-6-5-10-21(22)27)25-13-12-24(33-25)18-8-7-9-20(14-18)34(4)30/h5-15,26H,16-17H2,1-4H3/q+1. The highest BCUT2D eigenvalue weighted by molar-refractivity contribution is 7.84. The molecule has 1 aliphatic heterocycles. The number of benzene rings is 2. The van der Waals surface area contributed by atoms with E-state index in [2.05, 4.69) is 33.8 Å². The Morgan fingerprint density at radius 3 is 2.50 bits per heavy atom. The van der Waals surface area contributed by atoms with Crippen LogP contribution in [0.15, 0.2) is 71.6 Å². The van der Waals surface area contributed by atoms with Gasteiger partial charge in [0.2, 0.25) is 17.1 Å². The van der Waals surface area contributed by atoms with E-state index in [-0.39, 0.29) is 6.29 Å². The number of methoxy groups -OCH3 is 2. The molecule has 0 amide bonds. The molecule has 0 N–H and O–H groups in total. The number of nitrogens with zero attached hydrogens (tertiary/aromatic N) is 2. The zero-order valence-corrected chi connectivity index (χ0v) is 22.0. The third kappa shape index (κ3) is 5.40. The molecule has 8 heteroatoms. The Balaban J connectivity index is 1.63. The SMILES string of the molecule is COC(CN(C)CC1=[N+](c2ccccc2Cl)C(c2ccc(-c3cccc(S(C)=O)c3)s2)=C1)OC. The van der Waals surface area contributed by atoms with Crippen molar-refractivity contribution in [3.63, 3.8) is 0 Å². The van der Waals surface area contributed by atoms with Gasteiger partial charge in [-0.3, -0.25) is 9.11 Å². The number of para-hydroxylation sites is 1. The summed E-state index contributed by atoms with van der Waals surface area (Å²) in [6.07, 6.45) is 3.63. The van der Waals surface area contributed by atoms with Crippen LogP contribution >= 0.6 is 22.9 Å². The molecule has 1 unspecified atom stereocenters. The average Bonchev–Trinajstić information content (AvgIpc) is 3.31. The van der Waals surface area contributed by atoms with Crippen LogP contribution in [0, 0.1) is 0 Å². The van der Waals surface area contributed by atoms with E-state index >= 15 is 0 Å². The van der Waals surface area contributed by atoms with E-state index in [1.807, 2.05) is 49.5 Å². The summed E-state index contributed by atoms with van der Waals surface area (Å²) in [6.45, 7) is 1.37. The maximum atomic E-state index is 11.9. The molecular weight excluding hydrogens is 488 g/mol. The average molecular weight is 516 g/mol. The van der Waals surface area contributed by atoms with Crippen LogP contribution in [-0.2, 0) is 20.3 Å². The van der Waals surface area contributed by atoms with Crippen LogP contribution in [0.5, 0.6) is 0 Å². The number of hydrogen-bond donors (Lipinski definition) is 0.